The van der Waals surface area contributed by atoms with Crippen LogP contribution in [0.1, 0.15) is 27.6 Å². The van der Waals surface area contributed by atoms with E-state index in [1.807, 2.05) is 35.2 Å². The molecule has 1 heterocycles. The minimum Gasteiger partial charge on any atom is -0.507 e. The van der Waals surface area contributed by atoms with Crippen LogP contribution in [0.3, 0.4) is 0 Å². The number of anilines is 1. The highest BCUT2D eigenvalue weighted by Gasteiger charge is 2.20. The number of carbonyl (C=O) groups excluding carboxylic acids is 2. The van der Waals surface area contributed by atoms with E-state index in [1.165, 1.54) is 18.2 Å². The lowest BCUT2D eigenvalue weighted by Gasteiger charge is -2.34. The third kappa shape index (κ3) is 6.45. The lowest BCUT2D eigenvalue weighted by molar-refractivity contribution is -0.130. The fourth-order valence-electron chi connectivity index (χ4n) is 4.20. The molecule has 2 amide bonds. The summed E-state index contributed by atoms with van der Waals surface area (Å²) in [5, 5.41) is 22.6. The number of hydrogen-bond donors (Lipinski definition) is 3. The van der Waals surface area contributed by atoms with Gasteiger partial charge in [0.05, 0.1) is 16.8 Å². The number of ether oxygens (including phenoxy) is 1. The van der Waals surface area contributed by atoms with Gasteiger partial charge in [-0.3, -0.25) is 14.5 Å². The van der Waals surface area contributed by atoms with Crippen molar-refractivity contribution in [2.75, 3.05) is 44.6 Å². The van der Waals surface area contributed by atoms with Gasteiger partial charge in [-0.25, -0.2) is 4.79 Å². The molecule has 0 saturated carbocycles. The number of amides is 2. The molecule has 0 unspecified atom stereocenters. The summed E-state index contributed by atoms with van der Waals surface area (Å²) >= 11 is 0. The molecule has 9 nitrogen and oxygen atoms in total. The van der Waals surface area contributed by atoms with Crippen molar-refractivity contribution in [1.82, 2.24) is 9.80 Å². The fraction of sp³-hybridized carbons (Fsp3) is 0.250. The predicted octanol–water partition coefficient (Wildman–Crippen LogP) is 3.55. The number of aromatic hydroxyl groups is 1. The Balaban J connectivity index is 1.43. The van der Waals surface area contributed by atoms with Gasteiger partial charge in [-0.2, -0.15) is 0 Å². The highest BCUT2D eigenvalue weighted by atomic mass is 16.5. The maximum Gasteiger partial charge on any atom is 0.337 e. The number of hydrogen-bond acceptors (Lipinski definition) is 6. The van der Waals surface area contributed by atoms with Crippen LogP contribution in [-0.4, -0.2) is 77.1 Å². The average Bonchev–Trinajstić information content (AvgIpc) is 2.90. The van der Waals surface area contributed by atoms with E-state index in [0.29, 0.717) is 32.0 Å². The Labute approximate surface area is 214 Å². The molecule has 1 saturated heterocycles. The molecular weight excluding hydrogens is 474 g/mol. The van der Waals surface area contributed by atoms with Crippen molar-refractivity contribution in [3.63, 3.8) is 0 Å². The summed E-state index contributed by atoms with van der Waals surface area (Å²) in [5.74, 6) is -1.60. The van der Waals surface area contributed by atoms with Gasteiger partial charge >= 0.3 is 5.97 Å². The van der Waals surface area contributed by atoms with E-state index in [2.05, 4.69) is 10.2 Å². The first-order chi connectivity index (χ1) is 17.8. The van der Waals surface area contributed by atoms with Gasteiger partial charge in [-0.05, 0) is 41.5 Å². The molecule has 0 atom stereocenters. The molecule has 1 aliphatic heterocycles. The topological polar surface area (TPSA) is 119 Å². The molecule has 3 aromatic rings. The molecule has 4 rings (SSSR count). The molecule has 3 N–H and O–H groups in total. The van der Waals surface area contributed by atoms with Crippen molar-refractivity contribution < 1.29 is 29.3 Å². The number of phenols is 1. The van der Waals surface area contributed by atoms with Gasteiger partial charge in [0.15, 0.2) is 0 Å². The Hall–Kier alpha value is -4.37. The van der Waals surface area contributed by atoms with Crippen molar-refractivity contribution in [2.45, 2.75) is 6.92 Å². The molecule has 0 aromatic heterocycles. The second-order valence-corrected chi connectivity index (χ2v) is 8.76. The molecule has 3 aromatic carbocycles. The van der Waals surface area contributed by atoms with E-state index < -0.39 is 11.9 Å². The molecule has 0 aliphatic carbocycles. The van der Waals surface area contributed by atoms with Crippen molar-refractivity contribution in [1.29, 1.82) is 0 Å². The third-order valence-electron chi connectivity index (χ3n) is 6.31. The molecule has 1 aliphatic rings. The Kier molecular flexibility index (Phi) is 8.05. The standard InChI is InChI=1S/C28H29N3O6/c1-19(32)31-13-11-30(12-14-31)15-16-37-22-8-10-26(33)24(18-22)27(34)29-25-17-21(7-9-23(25)28(35)36)20-5-3-2-4-6-20/h2-10,17-18,33H,11-16H2,1H3,(H,29,34)(H,35,36). The number of carbonyl (C=O) groups is 3. The summed E-state index contributed by atoms with van der Waals surface area (Å²) < 4.78 is 5.81. The lowest BCUT2D eigenvalue weighted by atomic mass is 10.0. The summed E-state index contributed by atoms with van der Waals surface area (Å²) in [7, 11) is 0. The van der Waals surface area contributed by atoms with E-state index in [1.54, 1.807) is 25.1 Å². The van der Waals surface area contributed by atoms with Crippen LogP contribution in [0.5, 0.6) is 11.5 Å². The maximum atomic E-state index is 13.1. The Morgan fingerprint density at radius 1 is 0.892 bits per heavy atom. The van der Waals surface area contributed by atoms with E-state index >= 15 is 0 Å². The van der Waals surface area contributed by atoms with Crippen LogP contribution in [0, 0.1) is 0 Å². The summed E-state index contributed by atoms with van der Waals surface area (Å²) in [5.41, 5.74) is 1.63. The highest BCUT2D eigenvalue weighted by molar-refractivity contribution is 6.09. The minimum atomic E-state index is -1.18. The number of benzene rings is 3. The summed E-state index contributed by atoms with van der Waals surface area (Å²) in [6, 6.07) is 18.5. The molecule has 0 bridgehead atoms. The first-order valence-electron chi connectivity index (χ1n) is 12.0. The van der Waals surface area contributed by atoms with Crippen LogP contribution in [0.2, 0.25) is 0 Å². The van der Waals surface area contributed by atoms with Crippen molar-refractivity contribution in [3.05, 3.63) is 77.9 Å². The first kappa shape index (κ1) is 25.7. The zero-order valence-electron chi connectivity index (χ0n) is 20.5. The van der Waals surface area contributed by atoms with Crippen molar-refractivity contribution in [2.24, 2.45) is 0 Å². The van der Waals surface area contributed by atoms with Gasteiger partial charge in [-0.15, -0.1) is 0 Å². The SMILES string of the molecule is CC(=O)N1CCN(CCOc2ccc(O)c(C(=O)Nc3cc(-c4ccccc4)ccc3C(=O)O)c2)CC1. The second kappa shape index (κ2) is 11.6. The molecular formula is C28H29N3O6. The minimum absolute atomic E-state index is 0.0333. The van der Waals surface area contributed by atoms with Crippen LogP contribution in [0.4, 0.5) is 5.69 Å². The van der Waals surface area contributed by atoms with Crippen LogP contribution in [0.25, 0.3) is 11.1 Å². The van der Waals surface area contributed by atoms with Crippen LogP contribution >= 0.6 is 0 Å². The van der Waals surface area contributed by atoms with Gasteiger partial charge in [0.25, 0.3) is 5.91 Å². The quantitative estimate of drug-likeness (QED) is 0.430. The molecule has 37 heavy (non-hydrogen) atoms. The highest BCUT2D eigenvalue weighted by Crippen LogP contribution is 2.28. The number of carboxylic acid groups (broad SMARTS) is 1. The summed E-state index contributed by atoms with van der Waals surface area (Å²) in [6.45, 7) is 5.49. The van der Waals surface area contributed by atoms with Crippen LogP contribution < -0.4 is 10.1 Å². The first-order valence-corrected chi connectivity index (χ1v) is 12.0. The van der Waals surface area contributed by atoms with E-state index in [4.69, 9.17) is 4.74 Å². The van der Waals surface area contributed by atoms with Gasteiger partial charge < -0.3 is 25.2 Å². The monoisotopic (exact) mass is 503 g/mol. The molecule has 0 spiro atoms. The number of phenolic OH excluding ortho intramolecular Hbond substituents is 1. The van der Waals surface area contributed by atoms with Gasteiger partial charge in [0.1, 0.15) is 18.1 Å². The smallest absolute Gasteiger partial charge is 0.337 e. The Morgan fingerprint density at radius 2 is 1.62 bits per heavy atom. The lowest BCUT2D eigenvalue weighted by Crippen LogP contribution is -2.48. The summed E-state index contributed by atoms with van der Waals surface area (Å²) in [4.78, 5) is 40.3. The van der Waals surface area contributed by atoms with Crippen molar-refractivity contribution >= 4 is 23.5 Å². The Bertz CT molecular complexity index is 1290. The van der Waals surface area contributed by atoms with E-state index in [-0.39, 0.29) is 28.5 Å². The van der Waals surface area contributed by atoms with Gasteiger partial charge in [0, 0.05) is 39.6 Å². The molecule has 192 valence electrons. The average molecular weight is 504 g/mol. The molecule has 0 radical (unpaired) electrons. The zero-order chi connectivity index (χ0) is 26.4. The normalized spacial score (nSPS) is 13.7. The van der Waals surface area contributed by atoms with Gasteiger partial charge in [0.2, 0.25) is 5.91 Å². The van der Waals surface area contributed by atoms with E-state index in [0.717, 1.165) is 24.2 Å². The number of nitrogens with zero attached hydrogens (tertiary/aromatic N) is 2. The third-order valence-corrected chi connectivity index (χ3v) is 6.31. The Morgan fingerprint density at radius 3 is 2.30 bits per heavy atom. The maximum absolute atomic E-state index is 13.1. The second-order valence-electron chi connectivity index (χ2n) is 8.76. The largest absolute Gasteiger partial charge is 0.507 e. The van der Waals surface area contributed by atoms with Crippen LogP contribution in [-0.2, 0) is 4.79 Å². The molecule has 1 fully saturated rings. The molecule has 9 heteroatoms. The van der Waals surface area contributed by atoms with Crippen LogP contribution in [0.15, 0.2) is 66.7 Å². The fourth-order valence-corrected chi connectivity index (χ4v) is 4.20. The number of aromatic carboxylic acids is 1. The van der Waals surface area contributed by atoms with Gasteiger partial charge in [-0.1, -0.05) is 36.4 Å². The number of carboxylic acids is 1. The predicted molar refractivity (Wildman–Crippen MR) is 139 cm³/mol. The zero-order valence-corrected chi connectivity index (χ0v) is 20.5. The number of nitrogens with one attached hydrogen (secondary N) is 1. The number of rotatable bonds is 8. The number of piperazine rings is 1. The van der Waals surface area contributed by atoms with E-state index in [9.17, 15) is 24.6 Å². The van der Waals surface area contributed by atoms with Crippen molar-refractivity contribution in [3.8, 4) is 22.6 Å². The summed E-state index contributed by atoms with van der Waals surface area (Å²) in [6.07, 6.45) is 0.